The Labute approximate surface area is 130 Å². The van der Waals surface area contributed by atoms with Crippen LogP contribution in [0.4, 0.5) is 5.69 Å². The highest BCUT2D eigenvalue weighted by Crippen LogP contribution is 2.24. The summed E-state index contributed by atoms with van der Waals surface area (Å²) < 4.78 is 1.57. The van der Waals surface area contributed by atoms with Crippen LogP contribution < -0.4 is 10.9 Å². The quantitative estimate of drug-likeness (QED) is 0.920. The molecule has 4 nitrogen and oxygen atoms in total. The van der Waals surface area contributed by atoms with E-state index in [1.54, 1.807) is 16.8 Å². The molecule has 0 spiro atoms. The summed E-state index contributed by atoms with van der Waals surface area (Å²) in [4.78, 5) is 24.2. The molecule has 4 heteroatoms. The van der Waals surface area contributed by atoms with E-state index in [4.69, 9.17) is 0 Å². The van der Waals surface area contributed by atoms with Gasteiger partial charge < -0.3 is 9.88 Å². The Kier molecular flexibility index (Phi) is 5.15. The van der Waals surface area contributed by atoms with Crippen LogP contribution in [-0.2, 0) is 11.3 Å². The van der Waals surface area contributed by atoms with Crippen molar-refractivity contribution in [2.45, 2.75) is 39.7 Å². The predicted octanol–water partition coefficient (Wildman–Crippen LogP) is 3.31. The summed E-state index contributed by atoms with van der Waals surface area (Å²) in [5.74, 6) is -0.235. The van der Waals surface area contributed by atoms with Gasteiger partial charge >= 0.3 is 0 Å². The Bertz CT molecular complexity index is 719. The zero-order valence-electron chi connectivity index (χ0n) is 13.3. The number of hydrogen-bond acceptors (Lipinski definition) is 2. The minimum absolute atomic E-state index is 0.0434. The van der Waals surface area contributed by atoms with Gasteiger partial charge in [-0.05, 0) is 37.5 Å². The number of rotatable bonds is 5. The van der Waals surface area contributed by atoms with Crippen LogP contribution in [0.5, 0.6) is 0 Å². The molecule has 1 amide bonds. The summed E-state index contributed by atoms with van der Waals surface area (Å²) in [5, 5.41) is 2.92. The maximum atomic E-state index is 12.6. The number of amides is 1. The third-order valence-electron chi connectivity index (χ3n) is 3.88. The van der Waals surface area contributed by atoms with Gasteiger partial charge in [0.05, 0.1) is 11.6 Å². The number of benzene rings is 1. The lowest BCUT2D eigenvalue weighted by Crippen LogP contribution is -2.23. The number of anilines is 1. The molecule has 1 N–H and O–H groups in total. The van der Waals surface area contributed by atoms with Gasteiger partial charge in [-0.15, -0.1) is 0 Å². The first-order valence-corrected chi connectivity index (χ1v) is 7.63. The van der Waals surface area contributed by atoms with E-state index in [9.17, 15) is 9.59 Å². The lowest BCUT2D eigenvalue weighted by atomic mass is 9.92. The lowest BCUT2D eigenvalue weighted by molar-refractivity contribution is -0.117. The zero-order valence-corrected chi connectivity index (χ0v) is 13.3. The monoisotopic (exact) mass is 298 g/mol. The second kappa shape index (κ2) is 7.07. The molecule has 0 aliphatic rings. The molecular weight excluding hydrogens is 276 g/mol. The van der Waals surface area contributed by atoms with E-state index in [2.05, 4.69) is 5.32 Å². The Morgan fingerprint density at radius 3 is 2.55 bits per heavy atom. The van der Waals surface area contributed by atoms with E-state index in [0.717, 1.165) is 17.5 Å². The Morgan fingerprint density at radius 1 is 1.18 bits per heavy atom. The first-order chi connectivity index (χ1) is 10.6. The average Bonchev–Trinajstić information content (AvgIpc) is 2.51. The Hall–Kier alpha value is -2.36. The van der Waals surface area contributed by atoms with Gasteiger partial charge in [-0.2, -0.15) is 0 Å². The van der Waals surface area contributed by atoms with Crippen molar-refractivity contribution >= 4 is 11.6 Å². The second-order valence-corrected chi connectivity index (χ2v) is 5.35. The van der Waals surface area contributed by atoms with Crippen LogP contribution in [0.25, 0.3) is 0 Å². The molecule has 1 aromatic carbocycles. The maximum Gasteiger partial charge on any atom is 0.250 e. The number of carbonyl (C=O) groups excluding carboxylic acids is 1. The highest BCUT2D eigenvalue weighted by atomic mass is 16.2. The van der Waals surface area contributed by atoms with Gasteiger partial charge in [-0.3, -0.25) is 9.59 Å². The molecule has 1 heterocycles. The molecule has 0 radical (unpaired) electrons. The van der Waals surface area contributed by atoms with Gasteiger partial charge in [0.25, 0.3) is 5.56 Å². The molecule has 0 bridgehead atoms. The van der Waals surface area contributed by atoms with E-state index in [1.807, 2.05) is 45.0 Å². The van der Waals surface area contributed by atoms with E-state index in [0.29, 0.717) is 12.2 Å². The number of aryl methyl sites for hydroxylation is 2. The molecule has 1 aromatic heterocycles. The molecule has 1 atom stereocenters. The molecule has 2 rings (SSSR count). The van der Waals surface area contributed by atoms with Crippen molar-refractivity contribution in [1.82, 2.24) is 4.57 Å². The molecule has 0 saturated heterocycles. The molecular formula is C18H22N2O2. The second-order valence-electron chi connectivity index (χ2n) is 5.35. The van der Waals surface area contributed by atoms with Crippen molar-refractivity contribution in [3.05, 3.63) is 64.1 Å². The minimum Gasteiger partial charge on any atom is -0.324 e. The summed E-state index contributed by atoms with van der Waals surface area (Å²) in [6.45, 7) is 6.50. The van der Waals surface area contributed by atoms with Crippen LogP contribution in [0.15, 0.2) is 47.4 Å². The Balaban J connectivity index is 2.23. The summed E-state index contributed by atoms with van der Waals surface area (Å²) in [6.07, 6.45) is 2.41. The van der Waals surface area contributed by atoms with Crippen LogP contribution in [0.1, 0.15) is 37.3 Å². The maximum absolute atomic E-state index is 12.6. The third kappa shape index (κ3) is 3.45. The molecule has 0 aliphatic heterocycles. The van der Waals surface area contributed by atoms with Gasteiger partial charge in [0, 0.05) is 18.8 Å². The number of nitrogens with zero attached hydrogens (tertiary/aromatic N) is 1. The SMILES string of the molecule is CCC(C(=O)Nc1ccc(=O)n(CC)c1)c1ccccc1C. The molecule has 116 valence electrons. The van der Waals surface area contributed by atoms with Crippen molar-refractivity contribution in [2.75, 3.05) is 5.32 Å². The minimum atomic E-state index is -0.191. The predicted molar refractivity (Wildman–Crippen MR) is 89.2 cm³/mol. The van der Waals surface area contributed by atoms with Crippen LogP contribution in [0, 0.1) is 6.92 Å². The fourth-order valence-electron chi connectivity index (χ4n) is 2.61. The molecule has 0 fully saturated rings. The van der Waals surface area contributed by atoms with Gasteiger partial charge in [0.2, 0.25) is 5.91 Å². The van der Waals surface area contributed by atoms with Crippen molar-refractivity contribution in [2.24, 2.45) is 0 Å². The van der Waals surface area contributed by atoms with Gasteiger partial charge in [-0.25, -0.2) is 0 Å². The van der Waals surface area contributed by atoms with Crippen molar-refractivity contribution in [3.8, 4) is 0 Å². The van der Waals surface area contributed by atoms with Crippen LogP contribution in [-0.4, -0.2) is 10.5 Å². The van der Waals surface area contributed by atoms with Gasteiger partial charge in [0.15, 0.2) is 0 Å². The standard InChI is InChI=1S/C18H22N2O2/c1-4-15(16-9-7-6-8-13(16)3)18(22)19-14-10-11-17(21)20(5-2)12-14/h6-12,15H,4-5H2,1-3H3,(H,19,22). The lowest BCUT2D eigenvalue weighted by Gasteiger charge is -2.18. The zero-order chi connectivity index (χ0) is 16.1. The summed E-state index contributed by atoms with van der Waals surface area (Å²) >= 11 is 0. The van der Waals surface area contributed by atoms with E-state index >= 15 is 0 Å². The first kappa shape index (κ1) is 16.0. The number of carbonyl (C=O) groups is 1. The summed E-state index contributed by atoms with van der Waals surface area (Å²) in [7, 11) is 0. The highest BCUT2D eigenvalue weighted by Gasteiger charge is 2.20. The number of hydrogen-bond donors (Lipinski definition) is 1. The normalized spacial score (nSPS) is 12.0. The molecule has 1 unspecified atom stereocenters. The highest BCUT2D eigenvalue weighted by molar-refractivity contribution is 5.95. The van der Waals surface area contributed by atoms with Gasteiger partial charge in [0.1, 0.15) is 0 Å². The van der Waals surface area contributed by atoms with E-state index < -0.39 is 0 Å². The first-order valence-electron chi connectivity index (χ1n) is 7.63. The van der Waals surface area contributed by atoms with Crippen LogP contribution >= 0.6 is 0 Å². The smallest absolute Gasteiger partial charge is 0.250 e. The van der Waals surface area contributed by atoms with Crippen molar-refractivity contribution in [1.29, 1.82) is 0 Å². The fourth-order valence-corrected chi connectivity index (χ4v) is 2.61. The molecule has 0 aliphatic carbocycles. The van der Waals surface area contributed by atoms with Gasteiger partial charge in [-0.1, -0.05) is 31.2 Å². The van der Waals surface area contributed by atoms with Crippen LogP contribution in [0.2, 0.25) is 0 Å². The number of pyridine rings is 1. The molecule has 0 saturated carbocycles. The largest absolute Gasteiger partial charge is 0.324 e. The van der Waals surface area contributed by atoms with Crippen molar-refractivity contribution in [3.63, 3.8) is 0 Å². The summed E-state index contributed by atoms with van der Waals surface area (Å²) in [6, 6.07) is 11.1. The van der Waals surface area contributed by atoms with Crippen LogP contribution in [0.3, 0.4) is 0 Å². The van der Waals surface area contributed by atoms with E-state index in [-0.39, 0.29) is 17.4 Å². The Morgan fingerprint density at radius 2 is 1.91 bits per heavy atom. The topological polar surface area (TPSA) is 51.1 Å². The van der Waals surface area contributed by atoms with Crippen molar-refractivity contribution < 1.29 is 4.79 Å². The fraction of sp³-hybridized carbons (Fsp3) is 0.333. The molecule has 22 heavy (non-hydrogen) atoms. The molecule has 2 aromatic rings. The number of aromatic nitrogens is 1. The number of nitrogens with one attached hydrogen (secondary N) is 1. The summed E-state index contributed by atoms with van der Waals surface area (Å²) in [5.41, 5.74) is 2.75. The van der Waals surface area contributed by atoms with E-state index in [1.165, 1.54) is 6.07 Å². The average molecular weight is 298 g/mol. The third-order valence-corrected chi connectivity index (χ3v) is 3.88.